The van der Waals surface area contributed by atoms with Gasteiger partial charge in [-0.1, -0.05) is 41.7 Å². The highest BCUT2D eigenvalue weighted by Crippen LogP contribution is 2.30. The Morgan fingerprint density at radius 2 is 1.90 bits per heavy atom. The maximum atomic E-state index is 11.3. The molecule has 0 saturated heterocycles. The van der Waals surface area contributed by atoms with Crippen LogP contribution in [0, 0.1) is 0 Å². The van der Waals surface area contributed by atoms with E-state index >= 15 is 0 Å². The molecule has 21 heavy (non-hydrogen) atoms. The summed E-state index contributed by atoms with van der Waals surface area (Å²) in [6.07, 6.45) is 3.30. The largest absolute Gasteiger partial charge is 0.478 e. The van der Waals surface area contributed by atoms with Crippen LogP contribution in [0.3, 0.4) is 0 Å². The van der Waals surface area contributed by atoms with Crippen molar-refractivity contribution >= 4 is 22.4 Å². The number of benzene rings is 1. The fourth-order valence-electron chi connectivity index (χ4n) is 2.38. The van der Waals surface area contributed by atoms with Gasteiger partial charge in [-0.2, -0.15) is 0 Å². The lowest BCUT2D eigenvalue weighted by atomic mass is 9.96. The van der Waals surface area contributed by atoms with Crippen molar-refractivity contribution in [3.63, 3.8) is 0 Å². The molecule has 0 aliphatic heterocycles. The van der Waals surface area contributed by atoms with Crippen LogP contribution in [0.25, 0.3) is 10.6 Å². The van der Waals surface area contributed by atoms with Gasteiger partial charge in [0.15, 0.2) is 0 Å². The van der Waals surface area contributed by atoms with Crippen LogP contribution in [0.1, 0.15) is 25.7 Å². The summed E-state index contributed by atoms with van der Waals surface area (Å²) < 4.78 is 0. The molecule has 0 unspecified atom stereocenters. The Balaban J connectivity index is 1.83. The highest BCUT2D eigenvalue weighted by Gasteiger charge is 2.19. The molecule has 6 heteroatoms. The summed E-state index contributed by atoms with van der Waals surface area (Å²) >= 11 is 1.43. The number of rotatable bonds is 4. The number of nitrogens with one attached hydrogen (secondary N) is 1. The summed E-state index contributed by atoms with van der Waals surface area (Å²) in [5.74, 6) is -0.843. The molecule has 0 spiro atoms. The number of hydrogen-bond acceptors (Lipinski definition) is 5. The first kappa shape index (κ1) is 13.8. The Morgan fingerprint density at radius 3 is 2.67 bits per heavy atom. The first-order valence-electron chi connectivity index (χ1n) is 6.85. The number of carbonyl (C=O) groups is 1. The van der Waals surface area contributed by atoms with E-state index in [0.717, 1.165) is 35.5 Å². The van der Waals surface area contributed by atoms with E-state index in [1.54, 1.807) is 0 Å². The lowest BCUT2D eigenvalue weighted by molar-refractivity contribution is -0.133. The molecule has 0 bridgehead atoms. The summed E-state index contributed by atoms with van der Waals surface area (Å²) in [5, 5.41) is 22.1. The Hall–Kier alpha value is -2.21. The van der Waals surface area contributed by atoms with E-state index in [4.69, 9.17) is 0 Å². The summed E-state index contributed by atoms with van der Waals surface area (Å²) in [6.45, 7) is 0. The van der Waals surface area contributed by atoms with Crippen molar-refractivity contribution in [3.05, 3.63) is 41.6 Å². The second kappa shape index (κ2) is 6.05. The second-order valence-electron chi connectivity index (χ2n) is 4.87. The number of aliphatic carboxylic acids is 1. The molecule has 0 fully saturated rings. The number of hydrogen-bond donors (Lipinski definition) is 2. The van der Waals surface area contributed by atoms with Crippen molar-refractivity contribution in [2.24, 2.45) is 0 Å². The average molecular weight is 301 g/mol. The number of nitrogens with zero attached hydrogens (tertiary/aromatic N) is 2. The van der Waals surface area contributed by atoms with Crippen LogP contribution in [0.5, 0.6) is 0 Å². The highest BCUT2D eigenvalue weighted by molar-refractivity contribution is 7.18. The Kier molecular flexibility index (Phi) is 3.96. The van der Waals surface area contributed by atoms with Gasteiger partial charge < -0.3 is 10.4 Å². The third-order valence-electron chi connectivity index (χ3n) is 3.43. The molecule has 2 aromatic rings. The van der Waals surface area contributed by atoms with Gasteiger partial charge in [0, 0.05) is 11.3 Å². The van der Waals surface area contributed by atoms with E-state index < -0.39 is 5.97 Å². The minimum atomic E-state index is -0.843. The minimum absolute atomic E-state index is 0.470. The Labute approximate surface area is 126 Å². The fourth-order valence-corrected chi connectivity index (χ4v) is 3.15. The van der Waals surface area contributed by atoms with Gasteiger partial charge >= 0.3 is 5.97 Å². The number of aromatic nitrogens is 2. The number of allylic oxidation sites excluding steroid dienone is 1. The fraction of sp³-hybridized carbons (Fsp3) is 0.267. The molecule has 1 aromatic carbocycles. The second-order valence-corrected chi connectivity index (χ2v) is 5.85. The quantitative estimate of drug-likeness (QED) is 0.903. The van der Waals surface area contributed by atoms with Crippen molar-refractivity contribution in [2.45, 2.75) is 25.7 Å². The Bertz CT molecular complexity index is 679. The molecule has 0 saturated carbocycles. The third kappa shape index (κ3) is 3.11. The minimum Gasteiger partial charge on any atom is -0.478 e. The van der Waals surface area contributed by atoms with Crippen LogP contribution in [-0.4, -0.2) is 21.3 Å². The van der Waals surface area contributed by atoms with E-state index in [1.165, 1.54) is 11.3 Å². The van der Waals surface area contributed by atoms with E-state index in [0.29, 0.717) is 17.1 Å². The Morgan fingerprint density at radius 1 is 1.14 bits per heavy atom. The van der Waals surface area contributed by atoms with E-state index in [1.807, 2.05) is 30.3 Å². The van der Waals surface area contributed by atoms with Gasteiger partial charge in [0.1, 0.15) is 5.01 Å². The number of anilines is 1. The van der Waals surface area contributed by atoms with Gasteiger partial charge in [0.05, 0.1) is 5.57 Å². The molecule has 0 atom stereocenters. The molecule has 1 aromatic heterocycles. The normalized spacial score (nSPS) is 15.0. The summed E-state index contributed by atoms with van der Waals surface area (Å²) in [6, 6.07) is 9.82. The predicted molar refractivity (Wildman–Crippen MR) is 82.1 cm³/mol. The predicted octanol–water partition coefficient (Wildman–Crippen LogP) is 3.53. The lowest BCUT2D eigenvalue weighted by Gasteiger charge is -2.17. The van der Waals surface area contributed by atoms with Crippen LogP contribution < -0.4 is 5.32 Å². The highest BCUT2D eigenvalue weighted by atomic mass is 32.1. The zero-order chi connectivity index (χ0) is 14.7. The van der Waals surface area contributed by atoms with Gasteiger partial charge in [-0.3, -0.25) is 0 Å². The zero-order valence-electron chi connectivity index (χ0n) is 11.4. The van der Waals surface area contributed by atoms with Gasteiger partial charge in [0.2, 0.25) is 5.13 Å². The SMILES string of the molecule is O=C(O)C1=C(Nc2nnc(-c3ccccc3)s2)CCCC1. The van der Waals surface area contributed by atoms with Gasteiger partial charge in [-0.25, -0.2) is 4.79 Å². The maximum Gasteiger partial charge on any atom is 0.333 e. The first-order chi connectivity index (χ1) is 10.2. The van der Waals surface area contributed by atoms with Crippen molar-refractivity contribution < 1.29 is 9.90 Å². The third-order valence-corrected chi connectivity index (χ3v) is 4.32. The number of carboxylic acid groups (broad SMARTS) is 1. The molecule has 2 N–H and O–H groups in total. The summed E-state index contributed by atoms with van der Waals surface area (Å²) in [7, 11) is 0. The monoisotopic (exact) mass is 301 g/mol. The molecule has 0 amide bonds. The van der Waals surface area contributed by atoms with Crippen LogP contribution in [-0.2, 0) is 4.79 Å². The number of carboxylic acids is 1. The van der Waals surface area contributed by atoms with E-state index in [2.05, 4.69) is 15.5 Å². The first-order valence-corrected chi connectivity index (χ1v) is 7.67. The molecule has 1 heterocycles. The molecule has 108 valence electrons. The van der Waals surface area contributed by atoms with Gasteiger partial charge in [-0.15, -0.1) is 10.2 Å². The zero-order valence-corrected chi connectivity index (χ0v) is 12.2. The lowest BCUT2D eigenvalue weighted by Crippen LogP contribution is -2.14. The standard InChI is InChI=1S/C15H15N3O2S/c19-14(20)11-8-4-5-9-12(11)16-15-18-17-13(21-15)10-6-2-1-3-7-10/h1-3,6-7H,4-5,8-9H2,(H,16,18)(H,19,20). The van der Waals surface area contributed by atoms with Crippen molar-refractivity contribution in [1.29, 1.82) is 0 Å². The topological polar surface area (TPSA) is 75.1 Å². The smallest absolute Gasteiger partial charge is 0.333 e. The van der Waals surface area contributed by atoms with Crippen molar-refractivity contribution in [2.75, 3.05) is 5.32 Å². The van der Waals surface area contributed by atoms with E-state index in [9.17, 15) is 9.90 Å². The summed E-state index contributed by atoms with van der Waals surface area (Å²) in [4.78, 5) is 11.3. The summed E-state index contributed by atoms with van der Waals surface area (Å²) in [5.41, 5.74) is 2.25. The van der Waals surface area contributed by atoms with Gasteiger partial charge in [0.25, 0.3) is 0 Å². The van der Waals surface area contributed by atoms with Crippen LogP contribution in [0.15, 0.2) is 41.6 Å². The van der Waals surface area contributed by atoms with Crippen LogP contribution >= 0.6 is 11.3 Å². The average Bonchev–Trinajstić information content (AvgIpc) is 2.97. The van der Waals surface area contributed by atoms with Gasteiger partial charge in [-0.05, 0) is 25.7 Å². The molecule has 5 nitrogen and oxygen atoms in total. The molecule has 1 aliphatic rings. The van der Waals surface area contributed by atoms with Crippen molar-refractivity contribution in [1.82, 2.24) is 10.2 Å². The molecular formula is C15H15N3O2S. The van der Waals surface area contributed by atoms with Crippen LogP contribution in [0.2, 0.25) is 0 Å². The van der Waals surface area contributed by atoms with Crippen LogP contribution in [0.4, 0.5) is 5.13 Å². The molecule has 3 rings (SSSR count). The maximum absolute atomic E-state index is 11.3. The molecule has 0 radical (unpaired) electrons. The molecule has 1 aliphatic carbocycles. The van der Waals surface area contributed by atoms with Crippen molar-refractivity contribution in [3.8, 4) is 10.6 Å². The van der Waals surface area contributed by atoms with E-state index in [-0.39, 0.29) is 0 Å². The molecular weight excluding hydrogens is 286 g/mol.